The van der Waals surface area contributed by atoms with Crippen LogP contribution < -0.4 is 10.9 Å². The van der Waals surface area contributed by atoms with Gasteiger partial charge in [0, 0.05) is 13.1 Å². The first kappa shape index (κ1) is 14.6. The van der Waals surface area contributed by atoms with Gasteiger partial charge in [-0.3, -0.25) is 4.79 Å². The number of rotatable bonds is 7. The molecule has 0 radical (unpaired) electrons. The first-order valence-corrected chi connectivity index (χ1v) is 7.90. The van der Waals surface area contributed by atoms with E-state index >= 15 is 0 Å². The zero-order valence-electron chi connectivity index (χ0n) is 11.7. The van der Waals surface area contributed by atoms with E-state index in [9.17, 15) is 4.79 Å². The van der Waals surface area contributed by atoms with E-state index in [0.717, 1.165) is 18.7 Å². The van der Waals surface area contributed by atoms with E-state index in [2.05, 4.69) is 33.3 Å². The second-order valence-electron chi connectivity index (χ2n) is 5.50. The number of aromatic nitrogens is 2. The summed E-state index contributed by atoms with van der Waals surface area (Å²) in [6.45, 7) is 5.87. The molecule has 0 atom stereocenters. The van der Waals surface area contributed by atoms with E-state index in [1.807, 2.05) is 6.92 Å². The molecule has 19 heavy (non-hydrogen) atoms. The molecule has 0 spiro atoms. The van der Waals surface area contributed by atoms with Crippen molar-refractivity contribution < 1.29 is 0 Å². The van der Waals surface area contributed by atoms with Crippen molar-refractivity contribution in [3.05, 3.63) is 21.0 Å². The fourth-order valence-electron chi connectivity index (χ4n) is 2.46. The van der Waals surface area contributed by atoms with Crippen molar-refractivity contribution in [2.24, 2.45) is 5.41 Å². The van der Waals surface area contributed by atoms with Crippen molar-refractivity contribution in [1.29, 1.82) is 0 Å². The minimum absolute atomic E-state index is 0.0489. The maximum atomic E-state index is 12.1. The van der Waals surface area contributed by atoms with Gasteiger partial charge < -0.3 is 5.32 Å². The minimum Gasteiger partial charge on any atom is -0.382 e. The lowest BCUT2D eigenvalue weighted by molar-refractivity contribution is 0.485. The van der Waals surface area contributed by atoms with Crippen LogP contribution in [0.5, 0.6) is 0 Å². The SMILES string of the molecule is CCCn1ncc(NCC2(CCC)CC2)c(Br)c1=O. The molecule has 2 rings (SSSR count). The third-order valence-electron chi connectivity index (χ3n) is 3.81. The summed E-state index contributed by atoms with van der Waals surface area (Å²) in [6.07, 6.45) is 7.74. The summed E-state index contributed by atoms with van der Waals surface area (Å²) >= 11 is 3.39. The number of hydrogen-bond donors (Lipinski definition) is 1. The van der Waals surface area contributed by atoms with Crippen LogP contribution in [-0.4, -0.2) is 16.3 Å². The second-order valence-corrected chi connectivity index (χ2v) is 6.30. The topological polar surface area (TPSA) is 46.9 Å². The molecule has 0 unspecified atom stereocenters. The van der Waals surface area contributed by atoms with E-state index in [1.54, 1.807) is 6.20 Å². The third-order valence-corrected chi connectivity index (χ3v) is 4.58. The van der Waals surface area contributed by atoms with Crippen molar-refractivity contribution in [3.63, 3.8) is 0 Å². The summed E-state index contributed by atoms with van der Waals surface area (Å²) in [5.74, 6) is 0. The van der Waals surface area contributed by atoms with Crippen LogP contribution in [0.2, 0.25) is 0 Å². The lowest BCUT2D eigenvalue weighted by Crippen LogP contribution is -2.25. The molecule has 1 fully saturated rings. The van der Waals surface area contributed by atoms with Crippen molar-refractivity contribution in [1.82, 2.24) is 9.78 Å². The number of anilines is 1. The van der Waals surface area contributed by atoms with Crippen molar-refractivity contribution >= 4 is 21.6 Å². The van der Waals surface area contributed by atoms with Crippen LogP contribution in [-0.2, 0) is 6.54 Å². The highest BCUT2D eigenvalue weighted by Gasteiger charge is 2.41. The highest BCUT2D eigenvalue weighted by Crippen LogP contribution is 2.49. The Kier molecular flexibility index (Phi) is 4.66. The van der Waals surface area contributed by atoms with Crippen LogP contribution in [0.3, 0.4) is 0 Å². The highest BCUT2D eigenvalue weighted by atomic mass is 79.9. The Balaban J connectivity index is 2.05. The minimum atomic E-state index is -0.0489. The predicted molar refractivity (Wildman–Crippen MR) is 81.6 cm³/mol. The molecule has 1 heterocycles. The Labute approximate surface area is 122 Å². The van der Waals surface area contributed by atoms with Gasteiger partial charge in [-0.05, 0) is 47.0 Å². The Morgan fingerprint density at radius 3 is 2.74 bits per heavy atom. The van der Waals surface area contributed by atoms with E-state index in [1.165, 1.54) is 30.4 Å². The van der Waals surface area contributed by atoms with E-state index in [-0.39, 0.29) is 5.56 Å². The molecule has 0 bridgehead atoms. The average molecular weight is 328 g/mol. The van der Waals surface area contributed by atoms with Crippen LogP contribution in [0.15, 0.2) is 15.5 Å². The molecule has 0 aliphatic heterocycles. The van der Waals surface area contributed by atoms with Gasteiger partial charge in [0.2, 0.25) is 0 Å². The molecule has 4 nitrogen and oxygen atoms in total. The lowest BCUT2D eigenvalue weighted by atomic mass is 10.0. The lowest BCUT2D eigenvalue weighted by Gasteiger charge is -2.16. The van der Waals surface area contributed by atoms with Gasteiger partial charge in [-0.2, -0.15) is 5.10 Å². The molecule has 1 saturated carbocycles. The summed E-state index contributed by atoms with van der Waals surface area (Å²) in [6, 6.07) is 0. The zero-order valence-corrected chi connectivity index (χ0v) is 13.3. The highest BCUT2D eigenvalue weighted by molar-refractivity contribution is 9.10. The van der Waals surface area contributed by atoms with Crippen LogP contribution >= 0.6 is 15.9 Å². The largest absolute Gasteiger partial charge is 0.382 e. The van der Waals surface area contributed by atoms with Gasteiger partial charge in [0.15, 0.2) is 0 Å². The fourth-order valence-corrected chi connectivity index (χ4v) is 2.91. The first-order valence-electron chi connectivity index (χ1n) is 7.11. The first-order chi connectivity index (χ1) is 9.12. The zero-order chi connectivity index (χ0) is 13.9. The summed E-state index contributed by atoms with van der Waals surface area (Å²) in [7, 11) is 0. The van der Waals surface area contributed by atoms with Crippen LogP contribution in [0.25, 0.3) is 0 Å². The molecule has 1 N–H and O–H groups in total. The third kappa shape index (κ3) is 3.38. The van der Waals surface area contributed by atoms with E-state index in [0.29, 0.717) is 16.4 Å². The van der Waals surface area contributed by atoms with Gasteiger partial charge in [-0.15, -0.1) is 0 Å². The van der Waals surface area contributed by atoms with Gasteiger partial charge in [0.05, 0.1) is 11.9 Å². The molecule has 0 amide bonds. The van der Waals surface area contributed by atoms with Crippen molar-refractivity contribution in [2.75, 3.05) is 11.9 Å². The number of hydrogen-bond acceptors (Lipinski definition) is 3. The molecule has 1 aromatic rings. The average Bonchev–Trinajstić information content (AvgIpc) is 3.15. The standard InChI is InChI=1S/C14H22BrN3O/c1-3-5-14(6-7-14)10-16-11-9-17-18(8-4-2)13(19)12(11)15/h9,16H,3-8,10H2,1-2H3. The molecule has 0 aromatic carbocycles. The molecule has 106 valence electrons. The predicted octanol–water partition coefficient (Wildman–Crippen LogP) is 3.41. The Bertz CT molecular complexity index is 494. The Hall–Kier alpha value is -0.840. The van der Waals surface area contributed by atoms with Gasteiger partial charge in [-0.1, -0.05) is 20.3 Å². The van der Waals surface area contributed by atoms with Crippen LogP contribution in [0, 0.1) is 5.41 Å². The van der Waals surface area contributed by atoms with E-state index < -0.39 is 0 Å². The summed E-state index contributed by atoms with van der Waals surface area (Å²) in [5, 5.41) is 7.60. The van der Waals surface area contributed by atoms with Crippen LogP contribution in [0.1, 0.15) is 46.0 Å². The number of halogens is 1. The Morgan fingerprint density at radius 1 is 1.42 bits per heavy atom. The van der Waals surface area contributed by atoms with Gasteiger partial charge in [0.1, 0.15) is 4.47 Å². The van der Waals surface area contributed by atoms with Gasteiger partial charge >= 0.3 is 0 Å². The fraction of sp³-hybridized carbons (Fsp3) is 0.714. The van der Waals surface area contributed by atoms with Crippen molar-refractivity contribution in [2.45, 2.75) is 52.5 Å². The molecule has 0 saturated heterocycles. The smallest absolute Gasteiger partial charge is 0.283 e. The molecule has 5 heteroatoms. The maximum Gasteiger partial charge on any atom is 0.283 e. The van der Waals surface area contributed by atoms with Crippen molar-refractivity contribution in [3.8, 4) is 0 Å². The molecular formula is C14H22BrN3O. The van der Waals surface area contributed by atoms with Gasteiger partial charge in [0.25, 0.3) is 5.56 Å². The number of aryl methyl sites for hydroxylation is 1. The summed E-state index contributed by atoms with van der Waals surface area (Å²) < 4.78 is 2.11. The summed E-state index contributed by atoms with van der Waals surface area (Å²) in [5.41, 5.74) is 1.24. The van der Waals surface area contributed by atoms with E-state index in [4.69, 9.17) is 0 Å². The van der Waals surface area contributed by atoms with Crippen LogP contribution in [0.4, 0.5) is 5.69 Å². The van der Waals surface area contributed by atoms with Gasteiger partial charge in [-0.25, -0.2) is 4.68 Å². The molecule has 1 aromatic heterocycles. The maximum absolute atomic E-state index is 12.1. The number of nitrogens with one attached hydrogen (secondary N) is 1. The summed E-state index contributed by atoms with van der Waals surface area (Å²) in [4.78, 5) is 12.1. The molecule has 1 aliphatic carbocycles. The second kappa shape index (κ2) is 6.07. The Morgan fingerprint density at radius 2 is 2.16 bits per heavy atom. The normalized spacial score (nSPS) is 16.4. The molecular weight excluding hydrogens is 306 g/mol. The molecule has 1 aliphatic rings. The monoisotopic (exact) mass is 327 g/mol. The quantitative estimate of drug-likeness (QED) is 0.834. The number of nitrogens with zero attached hydrogens (tertiary/aromatic N) is 2.